The van der Waals surface area contributed by atoms with E-state index in [1.807, 2.05) is 6.07 Å². The predicted molar refractivity (Wildman–Crippen MR) is 103 cm³/mol. The minimum absolute atomic E-state index is 0.00811. The summed E-state index contributed by atoms with van der Waals surface area (Å²) >= 11 is 0. The highest BCUT2D eigenvalue weighted by Gasteiger charge is 2.29. The third-order valence-corrected chi connectivity index (χ3v) is 6.76. The van der Waals surface area contributed by atoms with Crippen LogP contribution in [0.2, 0.25) is 0 Å². The maximum Gasteiger partial charge on any atom is 0.244 e. The first kappa shape index (κ1) is 21.9. The van der Waals surface area contributed by atoms with Crippen LogP contribution in [0.15, 0.2) is 29.2 Å². The molecule has 1 aliphatic heterocycles. The number of nitrogens with zero attached hydrogens (tertiary/aromatic N) is 2. The number of nitriles is 1. The third-order valence-electron chi connectivity index (χ3n) is 4.80. The monoisotopic (exact) mass is 405 g/mol. The highest BCUT2D eigenvalue weighted by molar-refractivity contribution is 7.89. The van der Waals surface area contributed by atoms with Gasteiger partial charge in [-0.2, -0.15) is 9.57 Å². The van der Waals surface area contributed by atoms with Crippen LogP contribution < -0.4 is 11.1 Å². The van der Waals surface area contributed by atoms with Gasteiger partial charge in [-0.15, -0.1) is 0 Å². The molecule has 0 bridgehead atoms. The van der Waals surface area contributed by atoms with Gasteiger partial charge in [0.05, 0.1) is 16.9 Å². The molecule has 1 aromatic rings. The molecule has 1 radical (unpaired) electrons. The van der Waals surface area contributed by atoms with Crippen molar-refractivity contribution < 1.29 is 18.0 Å². The maximum absolute atomic E-state index is 12.9. The van der Waals surface area contributed by atoms with E-state index in [-0.39, 0.29) is 35.4 Å². The van der Waals surface area contributed by atoms with Gasteiger partial charge in [0.2, 0.25) is 21.8 Å². The van der Waals surface area contributed by atoms with Gasteiger partial charge in [-0.25, -0.2) is 8.42 Å². The van der Waals surface area contributed by atoms with Crippen molar-refractivity contribution in [2.75, 3.05) is 13.1 Å². The Balaban J connectivity index is 1.97. The minimum atomic E-state index is -3.77. The summed E-state index contributed by atoms with van der Waals surface area (Å²) in [4.78, 5) is 23.1. The molecule has 2 atom stereocenters. The second-order valence-corrected chi connectivity index (χ2v) is 8.80. The van der Waals surface area contributed by atoms with Crippen molar-refractivity contribution in [2.24, 2.45) is 11.7 Å². The molecule has 2 amide bonds. The summed E-state index contributed by atoms with van der Waals surface area (Å²) in [6.07, 6.45) is 3.38. The van der Waals surface area contributed by atoms with Gasteiger partial charge in [0.1, 0.15) is 6.07 Å². The van der Waals surface area contributed by atoms with E-state index in [1.54, 1.807) is 19.1 Å². The van der Waals surface area contributed by atoms with Gasteiger partial charge >= 0.3 is 0 Å². The molecule has 1 unspecified atom stereocenters. The zero-order valence-corrected chi connectivity index (χ0v) is 16.6. The Morgan fingerprint density at radius 1 is 1.36 bits per heavy atom. The molecule has 151 valence electrons. The van der Waals surface area contributed by atoms with E-state index in [1.165, 1.54) is 22.9 Å². The van der Waals surface area contributed by atoms with Crippen LogP contribution >= 0.6 is 0 Å². The van der Waals surface area contributed by atoms with Crippen molar-refractivity contribution in [1.29, 1.82) is 5.26 Å². The number of nitrogens with one attached hydrogen (secondary N) is 1. The average molecular weight is 406 g/mol. The average Bonchev–Trinajstić information content (AvgIpc) is 2.92. The zero-order valence-electron chi connectivity index (χ0n) is 15.8. The van der Waals surface area contributed by atoms with Crippen molar-refractivity contribution >= 4 is 21.8 Å². The summed E-state index contributed by atoms with van der Waals surface area (Å²) in [7, 11) is -3.77. The molecule has 1 aliphatic rings. The number of sulfonamides is 1. The van der Waals surface area contributed by atoms with Crippen molar-refractivity contribution in [3.05, 3.63) is 36.2 Å². The van der Waals surface area contributed by atoms with Gasteiger partial charge in [-0.1, -0.05) is 19.1 Å². The number of benzene rings is 1. The highest BCUT2D eigenvalue weighted by atomic mass is 32.2. The Bertz CT molecular complexity index is 863. The van der Waals surface area contributed by atoms with Crippen LogP contribution in [0.5, 0.6) is 0 Å². The van der Waals surface area contributed by atoms with Gasteiger partial charge in [0.15, 0.2) is 0 Å². The van der Waals surface area contributed by atoms with E-state index in [0.717, 1.165) is 0 Å². The predicted octanol–water partition coefficient (Wildman–Crippen LogP) is 0.933. The highest BCUT2D eigenvalue weighted by Crippen LogP contribution is 2.23. The van der Waals surface area contributed by atoms with Gasteiger partial charge in [-0.3, -0.25) is 9.59 Å². The molecule has 8 nitrogen and oxygen atoms in total. The van der Waals surface area contributed by atoms with Crippen molar-refractivity contribution in [3.63, 3.8) is 0 Å². The number of carbonyl (C=O) groups is 2. The van der Waals surface area contributed by atoms with Gasteiger partial charge < -0.3 is 11.1 Å². The van der Waals surface area contributed by atoms with E-state index < -0.39 is 21.8 Å². The third kappa shape index (κ3) is 5.53. The lowest BCUT2D eigenvalue weighted by Gasteiger charge is -2.21. The molecule has 0 spiro atoms. The smallest absolute Gasteiger partial charge is 0.244 e. The second kappa shape index (κ2) is 9.66. The molecule has 0 aromatic heterocycles. The van der Waals surface area contributed by atoms with Crippen molar-refractivity contribution in [1.82, 2.24) is 9.62 Å². The molecular formula is C19H25N4O4S. The fourth-order valence-electron chi connectivity index (χ4n) is 3.04. The lowest BCUT2D eigenvalue weighted by molar-refractivity contribution is -0.121. The number of hydrogen-bond acceptors (Lipinski definition) is 5. The molecule has 3 N–H and O–H groups in total. The first-order chi connectivity index (χ1) is 13.3. The summed E-state index contributed by atoms with van der Waals surface area (Å²) in [5.41, 5.74) is 5.30. The van der Waals surface area contributed by atoms with E-state index in [2.05, 4.69) is 5.32 Å². The molecule has 9 heteroatoms. The molecule has 1 aromatic carbocycles. The number of amides is 2. The maximum atomic E-state index is 12.9. The Morgan fingerprint density at radius 2 is 2.07 bits per heavy atom. The SMILES string of the molecule is CC(C[CH]C(=O)N[C@H]1CCCN(S(=O)(=O)c2ccccc2C#N)CC1)C(N)=O. The first-order valence-electron chi connectivity index (χ1n) is 9.18. The summed E-state index contributed by atoms with van der Waals surface area (Å²) in [6.45, 7) is 2.24. The Kier molecular flexibility index (Phi) is 7.54. The molecular weight excluding hydrogens is 380 g/mol. The Labute approximate surface area is 165 Å². The summed E-state index contributed by atoms with van der Waals surface area (Å²) in [6, 6.07) is 7.91. The molecule has 1 heterocycles. The van der Waals surface area contributed by atoms with Crippen LogP contribution in [0, 0.1) is 23.7 Å². The lowest BCUT2D eigenvalue weighted by Crippen LogP contribution is -2.37. The van der Waals surface area contributed by atoms with Gasteiger partial charge in [0.25, 0.3) is 0 Å². The Hall–Kier alpha value is -2.44. The number of primary amides is 1. The normalized spacial score (nSPS) is 19.2. The minimum Gasteiger partial charge on any atom is -0.369 e. The van der Waals surface area contributed by atoms with E-state index >= 15 is 0 Å². The fraction of sp³-hybridized carbons (Fsp3) is 0.474. The molecule has 1 fully saturated rings. The summed E-state index contributed by atoms with van der Waals surface area (Å²) in [5, 5.41) is 12.1. The van der Waals surface area contributed by atoms with E-state index in [0.29, 0.717) is 25.8 Å². The molecule has 0 aliphatic carbocycles. The number of rotatable bonds is 7. The van der Waals surface area contributed by atoms with Gasteiger partial charge in [-0.05, 0) is 37.8 Å². The second-order valence-electron chi connectivity index (χ2n) is 6.89. The van der Waals surface area contributed by atoms with Crippen LogP contribution in [0.1, 0.15) is 38.2 Å². The summed E-state index contributed by atoms with van der Waals surface area (Å²) in [5.74, 6) is -1.16. The molecule has 0 saturated carbocycles. The van der Waals surface area contributed by atoms with E-state index in [9.17, 15) is 23.3 Å². The van der Waals surface area contributed by atoms with Crippen molar-refractivity contribution in [3.8, 4) is 6.07 Å². The lowest BCUT2D eigenvalue weighted by atomic mass is 10.0. The standard InChI is InChI=1S/C19H25N4O4S/c1-14(19(21)25)8-9-18(24)22-16-6-4-11-23(12-10-16)28(26,27)17-7-3-2-5-15(17)13-20/h2-3,5,7,9,14,16H,4,6,8,10-12H2,1H3,(H2,21,25)(H,22,24)/t14?,16-/m0/s1. The van der Waals surface area contributed by atoms with E-state index in [4.69, 9.17) is 5.73 Å². The van der Waals surface area contributed by atoms with Crippen LogP contribution in [-0.2, 0) is 19.6 Å². The number of carbonyl (C=O) groups excluding carboxylic acids is 2. The van der Waals surface area contributed by atoms with Gasteiger partial charge in [0, 0.05) is 25.0 Å². The van der Waals surface area contributed by atoms with Crippen molar-refractivity contribution in [2.45, 2.75) is 43.5 Å². The number of hydrogen-bond donors (Lipinski definition) is 2. The first-order valence-corrected chi connectivity index (χ1v) is 10.6. The Morgan fingerprint density at radius 3 is 2.75 bits per heavy atom. The van der Waals surface area contributed by atoms with Crippen LogP contribution in [0.4, 0.5) is 0 Å². The topological polar surface area (TPSA) is 133 Å². The molecule has 2 rings (SSSR count). The quantitative estimate of drug-likeness (QED) is 0.696. The van der Waals surface area contributed by atoms with Crippen LogP contribution in [0.25, 0.3) is 0 Å². The molecule has 1 saturated heterocycles. The zero-order chi connectivity index (χ0) is 20.7. The molecule has 28 heavy (non-hydrogen) atoms. The van der Waals surface area contributed by atoms with Crippen LogP contribution in [0.3, 0.4) is 0 Å². The fourth-order valence-corrected chi connectivity index (χ4v) is 4.67. The number of nitrogens with two attached hydrogens (primary N) is 1. The summed E-state index contributed by atoms with van der Waals surface area (Å²) < 4.78 is 27.2. The van der Waals surface area contributed by atoms with Crippen LogP contribution in [-0.4, -0.2) is 43.7 Å². The largest absolute Gasteiger partial charge is 0.369 e.